The Kier molecular flexibility index (Phi) is 8.47. The van der Waals surface area contributed by atoms with Crippen LogP contribution in [0.4, 0.5) is 26.3 Å². The topological polar surface area (TPSA) is 66.2 Å². The maximum absolute atomic E-state index is 13.4. The number of ether oxygens (including phenoxy) is 2. The van der Waals surface area contributed by atoms with Crippen molar-refractivity contribution in [2.45, 2.75) is 37.7 Å². The molecule has 0 spiro atoms. The first-order chi connectivity index (χ1) is 18.3. The van der Waals surface area contributed by atoms with Gasteiger partial charge >= 0.3 is 12.4 Å². The van der Waals surface area contributed by atoms with Gasteiger partial charge in [-0.15, -0.1) is 5.12 Å². The molecule has 0 amide bonds. The number of halogens is 6. The quantitative estimate of drug-likeness (QED) is 0.478. The van der Waals surface area contributed by atoms with Crippen LogP contribution in [0.15, 0.2) is 59.9 Å². The maximum atomic E-state index is 13.4. The summed E-state index contributed by atoms with van der Waals surface area (Å²) in [6, 6.07) is 10.3. The number of likely N-dealkylation sites (N-methyl/N-ethyl adjacent to an activating group) is 1. The Morgan fingerprint density at radius 3 is 2.21 bits per heavy atom. The van der Waals surface area contributed by atoms with Crippen molar-refractivity contribution in [3.63, 3.8) is 0 Å². The van der Waals surface area contributed by atoms with Gasteiger partial charge in [0, 0.05) is 33.7 Å². The van der Waals surface area contributed by atoms with E-state index in [-0.39, 0.29) is 24.8 Å². The summed E-state index contributed by atoms with van der Waals surface area (Å²) in [5, 5.41) is 3.71. The molecule has 3 atom stereocenters. The average Bonchev–Trinajstić information content (AvgIpc) is 3.16. The Morgan fingerprint density at radius 1 is 1.03 bits per heavy atom. The van der Waals surface area contributed by atoms with E-state index in [0.29, 0.717) is 25.2 Å². The number of nitrogens with one attached hydrogen (secondary N) is 1. The molecule has 0 saturated carbocycles. The Bertz CT molecular complexity index is 1140. The lowest BCUT2D eigenvalue weighted by Gasteiger charge is -2.42. The number of hydrogen-bond acceptors (Lipinski definition) is 7. The lowest BCUT2D eigenvalue weighted by molar-refractivity contribution is -0.229. The van der Waals surface area contributed by atoms with E-state index in [1.807, 2.05) is 49.4 Å². The fourth-order valence-electron chi connectivity index (χ4n) is 4.76. The Labute approximate surface area is 222 Å². The highest BCUT2D eigenvalue weighted by Gasteiger charge is 2.40. The van der Waals surface area contributed by atoms with E-state index in [0.717, 1.165) is 17.0 Å². The van der Waals surface area contributed by atoms with Gasteiger partial charge in [0.15, 0.2) is 6.29 Å². The third-order valence-corrected chi connectivity index (χ3v) is 6.91. The van der Waals surface area contributed by atoms with Crippen molar-refractivity contribution < 1.29 is 35.8 Å². The van der Waals surface area contributed by atoms with E-state index < -0.39 is 41.9 Å². The van der Waals surface area contributed by atoms with Gasteiger partial charge in [-0.3, -0.25) is 9.91 Å². The molecule has 1 fully saturated rings. The molecule has 2 heterocycles. The van der Waals surface area contributed by atoms with Gasteiger partial charge in [-0.25, -0.2) is 0 Å². The van der Waals surface area contributed by atoms with E-state index in [1.165, 1.54) is 6.92 Å². The van der Waals surface area contributed by atoms with Gasteiger partial charge in [-0.2, -0.15) is 26.3 Å². The highest BCUT2D eigenvalue weighted by molar-refractivity contribution is 5.35. The van der Waals surface area contributed by atoms with Crippen molar-refractivity contribution in [3.8, 4) is 0 Å². The number of rotatable bonds is 7. The van der Waals surface area contributed by atoms with E-state index in [2.05, 4.69) is 10.3 Å². The first-order valence-electron chi connectivity index (χ1n) is 12.3. The van der Waals surface area contributed by atoms with Gasteiger partial charge < -0.3 is 20.6 Å². The molecule has 2 aliphatic rings. The Morgan fingerprint density at radius 2 is 1.64 bits per heavy atom. The third kappa shape index (κ3) is 6.49. The highest BCUT2D eigenvalue weighted by atomic mass is 19.4. The Hall–Kier alpha value is -2.84. The van der Waals surface area contributed by atoms with Gasteiger partial charge in [0.2, 0.25) is 0 Å². The van der Waals surface area contributed by atoms with Crippen LogP contribution in [0, 0.1) is 0 Å². The van der Waals surface area contributed by atoms with Crippen LogP contribution in [0.1, 0.15) is 41.3 Å². The number of benzene rings is 2. The highest BCUT2D eigenvalue weighted by Crippen LogP contribution is 2.40. The van der Waals surface area contributed by atoms with Crippen LogP contribution in [-0.4, -0.2) is 61.7 Å². The minimum absolute atomic E-state index is 0.105. The zero-order valence-electron chi connectivity index (χ0n) is 21.7. The first-order valence-corrected chi connectivity index (χ1v) is 12.3. The molecule has 3 N–H and O–H groups in total. The predicted molar refractivity (Wildman–Crippen MR) is 131 cm³/mol. The van der Waals surface area contributed by atoms with Crippen LogP contribution >= 0.6 is 0 Å². The molecule has 0 bridgehead atoms. The second kappa shape index (κ2) is 11.3. The van der Waals surface area contributed by atoms with Crippen LogP contribution in [0.25, 0.3) is 0 Å². The molecular formula is C26H31F6N5O2. The second-order valence-corrected chi connectivity index (χ2v) is 9.47. The summed E-state index contributed by atoms with van der Waals surface area (Å²) >= 11 is 0. The van der Waals surface area contributed by atoms with E-state index in [4.69, 9.17) is 15.2 Å². The van der Waals surface area contributed by atoms with Crippen LogP contribution in [0.2, 0.25) is 0 Å². The molecule has 0 aromatic heterocycles. The molecule has 214 valence electrons. The maximum Gasteiger partial charge on any atom is 0.416 e. The third-order valence-electron chi connectivity index (χ3n) is 6.91. The van der Waals surface area contributed by atoms with E-state index in [1.54, 1.807) is 5.12 Å². The molecule has 1 saturated heterocycles. The van der Waals surface area contributed by atoms with Gasteiger partial charge in [0.05, 0.1) is 41.3 Å². The molecule has 0 radical (unpaired) electrons. The van der Waals surface area contributed by atoms with Crippen LogP contribution in [-0.2, 0) is 21.8 Å². The molecule has 2 aliphatic heterocycles. The van der Waals surface area contributed by atoms with Crippen molar-refractivity contribution in [1.82, 2.24) is 20.5 Å². The van der Waals surface area contributed by atoms with Gasteiger partial charge in [-0.1, -0.05) is 30.3 Å². The molecule has 4 rings (SSSR count). The van der Waals surface area contributed by atoms with E-state index in [9.17, 15) is 26.3 Å². The summed E-state index contributed by atoms with van der Waals surface area (Å²) in [6.07, 6.45) is -12.0. The Balaban J connectivity index is 1.66. The number of alkyl halides is 6. The summed E-state index contributed by atoms with van der Waals surface area (Å²) in [7, 11) is 3.72. The number of hydrazine groups is 2. The van der Waals surface area contributed by atoms with Crippen LogP contribution < -0.4 is 11.2 Å². The standard InChI is InChI=1S/C26H31F6N5O2/c1-16(18-11-19(25(27,28)29)13-20(12-18)26(30,31)32)39-24-23(17-7-5-4-6-8-17)37(9-10-38-24)15-22-21(14-33)34-36(3)35(22)2/h4-8,11-13,16,23-24,34H,9-10,14-15,33H2,1-3H3/t16-,23?,24-/m1/s1. The first kappa shape index (κ1) is 29.2. The zero-order chi connectivity index (χ0) is 28.5. The van der Waals surface area contributed by atoms with Gasteiger partial charge in [0.1, 0.15) is 0 Å². The zero-order valence-corrected chi connectivity index (χ0v) is 21.7. The molecular weight excluding hydrogens is 528 g/mol. The largest absolute Gasteiger partial charge is 0.416 e. The van der Waals surface area contributed by atoms with Crippen molar-refractivity contribution in [2.24, 2.45) is 5.73 Å². The summed E-state index contributed by atoms with van der Waals surface area (Å²) < 4.78 is 92.7. The monoisotopic (exact) mass is 559 g/mol. The summed E-state index contributed by atoms with van der Waals surface area (Å²) in [4.78, 5) is 2.10. The molecule has 2 aromatic carbocycles. The number of nitrogens with zero attached hydrogens (tertiary/aromatic N) is 3. The smallest absolute Gasteiger partial charge is 0.349 e. The van der Waals surface area contributed by atoms with Crippen molar-refractivity contribution in [3.05, 3.63) is 82.2 Å². The predicted octanol–water partition coefficient (Wildman–Crippen LogP) is 4.67. The van der Waals surface area contributed by atoms with E-state index >= 15 is 0 Å². The number of morpholine rings is 1. The summed E-state index contributed by atoms with van der Waals surface area (Å²) in [5.41, 5.74) is 8.66. The fraction of sp³-hybridized carbons (Fsp3) is 0.462. The van der Waals surface area contributed by atoms with Gasteiger partial charge in [-0.05, 0) is 36.2 Å². The average molecular weight is 560 g/mol. The summed E-state index contributed by atoms with van der Waals surface area (Å²) in [5.74, 6) is 0. The molecule has 1 unspecified atom stereocenters. The summed E-state index contributed by atoms with van der Waals surface area (Å²) in [6.45, 7) is 2.89. The van der Waals surface area contributed by atoms with Crippen molar-refractivity contribution in [1.29, 1.82) is 0 Å². The second-order valence-electron chi connectivity index (χ2n) is 9.47. The normalized spacial score (nSPS) is 22.4. The van der Waals surface area contributed by atoms with Crippen molar-refractivity contribution in [2.75, 3.05) is 40.3 Å². The molecule has 0 aliphatic carbocycles. The minimum Gasteiger partial charge on any atom is -0.349 e. The van der Waals surface area contributed by atoms with Gasteiger partial charge in [0.25, 0.3) is 0 Å². The number of hydrogen-bond donors (Lipinski definition) is 2. The molecule has 39 heavy (non-hydrogen) atoms. The van der Waals surface area contributed by atoms with Crippen LogP contribution in [0.3, 0.4) is 0 Å². The molecule has 2 aromatic rings. The number of nitrogens with two attached hydrogens (primary N) is 1. The SMILES string of the molecule is C[C@@H](O[C@H]1OCCN(CC2=C(CN)NN(C)N2C)C1c1ccccc1)c1cc(C(F)(F)F)cc(C(F)(F)F)c1. The molecule has 13 heteroatoms. The lowest BCUT2D eigenvalue weighted by Crippen LogP contribution is -2.48. The van der Waals surface area contributed by atoms with Crippen molar-refractivity contribution >= 4 is 0 Å². The minimum atomic E-state index is -4.95. The van der Waals surface area contributed by atoms with Crippen LogP contribution in [0.5, 0.6) is 0 Å². The lowest BCUT2D eigenvalue weighted by atomic mass is 10.0. The fourth-order valence-corrected chi connectivity index (χ4v) is 4.76. The molecule has 7 nitrogen and oxygen atoms in total.